The van der Waals surface area contributed by atoms with Gasteiger partial charge in [-0.1, -0.05) is 30.3 Å². The lowest BCUT2D eigenvalue weighted by atomic mass is 10.0. The molecule has 0 radical (unpaired) electrons. The third-order valence-electron chi connectivity index (χ3n) is 3.70. The Kier molecular flexibility index (Phi) is 6.19. The normalized spacial score (nSPS) is 15.2. The Morgan fingerprint density at radius 2 is 2.05 bits per heavy atom. The highest BCUT2D eigenvalue weighted by Gasteiger charge is 2.19. The number of allylic oxidation sites excluding steroid dienone is 1. The number of likely N-dealkylation sites (tertiary alicyclic amines) is 1. The molecule has 0 aliphatic carbocycles. The van der Waals surface area contributed by atoms with E-state index in [1.807, 2.05) is 43.5 Å². The lowest BCUT2D eigenvalue weighted by Crippen LogP contribution is -2.18. The van der Waals surface area contributed by atoms with Crippen molar-refractivity contribution in [3.63, 3.8) is 0 Å². The molecule has 0 bridgehead atoms. The van der Waals surface area contributed by atoms with Crippen LogP contribution in [0.25, 0.3) is 5.57 Å². The van der Waals surface area contributed by atoms with E-state index >= 15 is 0 Å². The van der Waals surface area contributed by atoms with Gasteiger partial charge in [0, 0.05) is 25.6 Å². The zero-order valence-electron chi connectivity index (χ0n) is 13.1. The van der Waals surface area contributed by atoms with Crippen molar-refractivity contribution in [2.45, 2.75) is 39.0 Å². The minimum atomic E-state index is -0.160. The molecule has 0 unspecified atom stereocenters. The van der Waals surface area contributed by atoms with Crippen molar-refractivity contribution in [3.8, 4) is 0 Å². The molecule has 0 spiro atoms. The Morgan fingerprint density at radius 1 is 1.27 bits per heavy atom. The summed E-state index contributed by atoms with van der Waals surface area (Å²) >= 11 is 0. The second kappa shape index (κ2) is 8.37. The largest absolute Gasteiger partial charge is 0.466 e. The van der Waals surface area contributed by atoms with Crippen LogP contribution in [0.4, 0.5) is 0 Å². The van der Waals surface area contributed by atoms with Crippen LogP contribution in [0.1, 0.15) is 44.6 Å². The molecule has 0 saturated carbocycles. The summed E-state index contributed by atoms with van der Waals surface area (Å²) in [4.78, 5) is 25.1. The van der Waals surface area contributed by atoms with Crippen molar-refractivity contribution >= 4 is 17.4 Å². The molecule has 1 aromatic rings. The number of esters is 1. The Balaban J connectivity index is 2.04. The van der Waals surface area contributed by atoms with Crippen molar-refractivity contribution in [1.29, 1.82) is 0 Å². The Labute approximate surface area is 131 Å². The zero-order valence-corrected chi connectivity index (χ0v) is 13.1. The van der Waals surface area contributed by atoms with Crippen LogP contribution in [0.3, 0.4) is 0 Å². The van der Waals surface area contributed by atoms with Gasteiger partial charge >= 0.3 is 5.97 Å². The molecule has 0 aromatic heterocycles. The molecule has 4 heteroatoms. The van der Waals surface area contributed by atoms with E-state index in [-0.39, 0.29) is 11.9 Å². The molecule has 1 aromatic carbocycles. The van der Waals surface area contributed by atoms with Gasteiger partial charge in [-0.3, -0.25) is 9.59 Å². The van der Waals surface area contributed by atoms with Crippen LogP contribution in [0.15, 0.2) is 36.5 Å². The Morgan fingerprint density at radius 3 is 2.68 bits per heavy atom. The van der Waals surface area contributed by atoms with Gasteiger partial charge in [0.2, 0.25) is 5.91 Å². The highest BCUT2D eigenvalue weighted by molar-refractivity contribution is 5.81. The summed E-state index contributed by atoms with van der Waals surface area (Å²) in [6.45, 7) is 3.02. The van der Waals surface area contributed by atoms with Crippen LogP contribution in [0, 0.1) is 0 Å². The van der Waals surface area contributed by atoms with Crippen LogP contribution < -0.4 is 0 Å². The summed E-state index contributed by atoms with van der Waals surface area (Å²) in [6, 6.07) is 10.0. The standard InChI is InChI=1S/C18H23NO3/c1-2-22-18(21)12-6-10-16(15-8-4-3-5-9-15)14-19-13-7-11-17(19)20/h3-5,8-9,14H,2,6-7,10-13H2,1H3/b16-14-. The van der Waals surface area contributed by atoms with Crippen molar-refractivity contribution < 1.29 is 14.3 Å². The van der Waals surface area contributed by atoms with E-state index in [1.54, 1.807) is 4.90 Å². The van der Waals surface area contributed by atoms with E-state index in [9.17, 15) is 9.59 Å². The summed E-state index contributed by atoms with van der Waals surface area (Å²) < 4.78 is 4.96. The van der Waals surface area contributed by atoms with Crippen LogP contribution in [-0.4, -0.2) is 29.9 Å². The zero-order chi connectivity index (χ0) is 15.8. The minimum absolute atomic E-state index is 0.160. The van der Waals surface area contributed by atoms with Gasteiger partial charge in [-0.2, -0.15) is 0 Å². The minimum Gasteiger partial charge on any atom is -0.466 e. The molecular weight excluding hydrogens is 278 g/mol. The van der Waals surface area contributed by atoms with Gasteiger partial charge in [0.15, 0.2) is 0 Å². The van der Waals surface area contributed by atoms with Crippen molar-refractivity contribution in [2.24, 2.45) is 0 Å². The Bertz CT molecular complexity index is 537. The molecule has 1 fully saturated rings. The van der Waals surface area contributed by atoms with Crippen molar-refractivity contribution in [2.75, 3.05) is 13.2 Å². The number of nitrogens with zero attached hydrogens (tertiary/aromatic N) is 1. The van der Waals surface area contributed by atoms with E-state index in [0.29, 0.717) is 19.4 Å². The smallest absolute Gasteiger partial charge is 0.305 e. The molecular formula is C18H23NO3. The molecule has 1 saturated heterocycles. The van der Waals surface area contributed by atoms with Gasteiger partial charge in [-0.25, -0.2) is 0 Å². The number of carbonyl (C=O) groups excluding carboxylic acids is 2. The number of hydrogen-bond acceptors (Lipinski definition) is 3. The number of hydrogen-bond donors (Lipinski definition) is 0. The first-order valence-electron chi connectivity index (χ1n) is 7.92. The molecule has 22 heavy (non-hydrogen) atoms. The van der Waals surface area contributed by atoms with Crippen molar-refractivity contribution in [1.82, 2.24) is 4.90 Å². The molecule has 0 atom stereocenters. The molecule has 1 amide bonds. The topological polar surface area (TPSA) is 46.6 Å². The second-order valence-electron chi connectivity index (χ2n) is 5.37. The lowest BCUT2D eigenvalue weighted by Gasteiger charge is -2.14. The van der Waals surface area contributed by atoms with Crippen molar-refractivity contribution in [3.05, 3.63) is 42.1 Å². The van der Waals surface area contributed by atoms with E-state index in [0.717, 1.165) is 36.9 Å². The second-order valence-corrected chi connectivity index (χ2v) is 5.37. The maximum atomic E-state index is 11.8. The number of amides is 1. The van der Waals surface area contributed by atoms with Gasteiger partial charge in [0.25, 0.3) is 0 Å². The number of benzene rings is 1. The maximum absolute atomic E-state index is 11.8. The lowest BCUT2D eigenvalue weighted by molar-refractivity contribution is -0.143. The van der Waals surface area contributed by atoms with Crippen LogP contribution in [0.2, 0.25) is 0 Å². The Hall–Kier alpha value is -2.10. The third kappa shape index (κ3) is 4.72. The number of rotatable bonds is 7. The number of carbonyl (C=O) groups is 2. The monoisotopic (exact) mass is 301 g/mol. The third-order valence-corrected chi connectivity index (χ3v) is 3.70. The summed E-state index contributed by atoms with van der Waals surface area (Å²) in [7, 11) is 0. The fourth-order valence-corrected chi connectivity index (χ4v) is 2.59. The van der Waals surface area contributed by atoms with Crippen LogP contribution in [-0.2, 0) is 14.3 Å². The molecule has 1 aliphatic heterocycles. The molecule has 1 aliphatic rings. The summed E-state index contributed by atoms with van der Waals surface area (Å²) in [5, 5.41) is 0. The summed E-state index contributed by atoms with van der Waals surface area (Å²) in [5.74, 6) is 0.0194. The molecule has 1 heterocycles. The van der Waals surface area contributed by atoms with Crippen LogP contribution >= 0.6 is 0 Å². The predicted molar refractivity (Wildman–Crippen MR) is 85.9 cm³/mol. The average Bonchev–Trinajstić information content (AvgIpc) is 2.92. The highest BCUT2D eigenvalue weighted by atomic mass is 16.5. The summed E-state index contributed by atoms with van der Waals surface area (Å²) in [5.41, 5.74) is 2.20. The predicted octanol–water partition coefficient (Wildman–Crippen LogP) is 3.38. The molecule has 2 rings (SSSR count). The summed E-state index contributed by atoms with van der Waals surface area (Å²) in [6.07, 6.45) is 5.39. The SMILES string of the molecule is CCOC(=O)CCC/C(=C/N1CCCC1=O)c1ccccc1. The molecule has 0 N–H and O–H groups in total. The van der Waals surface area contributed by atoms with E-state index < -0.39 is 0 Å². The van der Waals surface area contributed by atoms with Gasteiger partial charge in [-0.15, -0.1) is 0 Å². The number of ether oxygens (including phenoxy) is 1. The average molecular weight is 301 g/mol. The van der Waals surface area contributed by atoms with E-state index in [1.165, 1.54) is 0 Å². The van der Waals surface area contributed by atoms with E-state index in [4.69, 9.17) is 4.74 Å². The van der Waals surface area contributed by atoms with Gasteiger partial charge in [0.05, 0.1) is 6.61 Å². The highest BCUT2D eigenvalue weighted by Crippen LogP contribution is 2.23. The van der Waals surface area contributed by atoms with Gasteiger partial charge in [0.1, 0.15) is 0 Å². The molecule has 4 nitrogen and oxygen atoms in total. The first-order chi connectivity index (χ1) is 10.7. The quantitative estimate of drug-likeness (QED) is 0.725. The first kappa shape index (κ1) is 16.3. The fraction of sp³-hybridized carbons (Fsp3) is 0.444. The fourth-order valence-electron chi connectivity index (χ4n) is 2.59. The van der Waals surface area contributed by atoms with Gasteiger partial charge < -0.3 is 9.64 Å². The van der Waals surface area contributed by atoms with Crippen LogP contribution in [0.5, 0.6) is 0 Å². The first-order valence-corrected chi connectivity index (χ1v) is 7.92. The van der Waals surface area contributed by atoms with Gasteiger partial charge in [-0.05, 0) is 37.3 Å². The molecule has 118 valence electrons. The van der Waals surface area contributed by atoms with E-state index in [2.05, 4.69) is 0 Å². The maximum Gasteiger partial charge on any atom is 0.305 e.